The summed E-state index contributed by atoms with van der Waals surface area (Å²) in [6, 6.07) is 0.211. The molecule has 1 aliphatic rings. The second-order valence-electron chi connectivity index (χ2n) is 5.48. The average molecular weight is 259 g/mol. The predicted molar refractivity (Wildman–Crippen MR) is 69.0 cm³/mol. The van der Waals surface area contributed by atoms with Crippen LogP contribution < -0.4 is 5.32 Å². The lowest BCUT2D eigenvalue weighted by Gasteiger charge is -2.35. The first-order chi connectivity index (χ1) is 7.76. The van der Waals surface area contributed by atoms with E-state index in [1.807, 2.05) is 20.8 Å². The van der Waals surface area contributed by atoms with Crippen LogP contribution in [0.5, 0.6) is 0 Å². The van der Waals surface area contributed by atoms with Crippen LogP contribution in [0.25, 0.3) is 0 Å². The minimum atomic E-state index is -0.447. The van der Waals surface area contributed by atoms with Gasteiger partial charge in [0.25, 0.3) is 0 Å². The van der Waals surface area contributed by atoms with Crippen LogP contribution in [-0.4, -0.2) is 28.6 Å². The largest absolute Gasteiger partial charge is 0.444 e. The maximum absolute atomic E-state index is 11.4. The second-order valence-corrected chi connectivity index (χ2v) is 6.68. The van der Waals surface area contributed by atoms with Crippen molar-refractivity contribution in [1.82, 2.24) is 5.32 Å². The van der Waals surface area contributed by atoms with Crippen molar-refractivity contribution < 1.29 is 14.3 Å². The zero-order chi connectivity index (χ0) is 13.1. The minimum absolute atomic E-state index is 0.161. The lowest BCUT2D eigenvalue weighted by Crippen LogP contribution is -2.46. The van der Waals surface area contributed by atoms with Gasteiger partial charge < -0.3 is 10.1 Å². The molecule has 1 saturated carbocycles. The molecule has 4 nitrogen and oxygen atoms in total. The van der Waals surface area contributed by atoms with Crippen LogP contribution in [0.4, 0.5) is 4.79 Å². The number of thioether (sulfide) groups is 1. The summed E-state index contributed by atoms with van der Waals surface area (Å²) in [6.07, 6.45) is 1.54. The molecule has 0 atom stereocenters. The van der Waals surface area contributed by atoms with Gasteiger partial charge in [0, 0.05) is 18.7 Å². The summed E-state index contributed by atoms with van der Waals surface area (Å²) in [6.45, 7) is 7.12. The number of hydrogen-bond donors (Lipinski definition) is 1. The maximum Gasteiger partial charge on any atom is 0.407 e. The molecular formula is C12H21NO3S. The van der Waals surface area contributed by atoms with Gasteiger partial charge in [0.1, 0.15) is 5.60 Å². The van der Waals surface area contributed by atoms with E-state index in [-0.39, 0.29) is 17.3 Å². The van der Waals surface area contributed by atoms with E-state index < -0.39 is 5.60 Å². The molecule has 17 heavy (non-hydrogen) atoms. The van der Waals surface area contributed by atoms with Crippen LogP contribution in [0, 0.1) is 5.92 Å². The normalized spacial score (nSPS) is 23.8. The maximum atomic E-state index is 11.4. The van der Waals surface area contributed by atoms with Gasteiger partial charge in [-0.2, -0.15) is 0 Å². The van der Waals surface area contributed by atoms with Crippen LogP contribution in [-0.2, 0) is 9.53 Å². The first-order valence-electron chi connectivity index (χ1n) is 5.89. The molecule has 0 radical (unpaired) electrons. The van der Waals surface area contributed by atoms with Crippen molar-refractivity contribution in [2.75, 3.05) is 5.75 Å². The van der Waals surface area contributed by atoms with Gasteiger partial charge >= 0.3 is 6.09 Å². The van der Waals surface area contributed by atoms with Crippen LogP contribution in [0.1, 0.15) is 40.5 Å². The van der Waals surface area contributed by atoms with Crippen LogP contribution in [0.15, 0.2) is 0 Å². The highest BCUT2D eigenvalue weighted by Gasteiger charge is 2.31. The summed E-state index contributed by atoms with van der Waals surface area (Å²) in [7, 11) is 0. The molecule has 0 aromatic carbocycles. The number of carbonyl (C=O) groups excluding carboxylic acids is 2. The van der Waals surface area contributed by atoms with E-state index in [0.29, 0.717) is 5.92 Å². The number of hydrogen-bond acceptors (Lipinski definition) is 4. The molecule has 0 spiro atoms. The van der Waals surface area contributed by atoms with Crippen molar-refractivity contribution in [1.29, 1.82) is 0 Å². The van der Waals surface area contributed by atoms with Crippen molar-refractivity contribution >= 4 is 23.0 Å². The molecule has 0 saturated heterocycles. The minimum Gasteiger partial charge on any atom is -0.444 e. The summed E-state index contributed by atoms with van der Waals surface area (Å²) in [5, 5.41) is 3.00. The highest BCUT2D eigenvalue weighted by molar-refractivity contribution is 8.13. The van der Waals surface area contributed by atoms with Crippen molar-refractivity contribution in [2.45, 2.75) is 52.2 Å². The Balaban J connectivity index is 2.13. The zero-order valence-electron chi connectivity index (χ0n) is 10.9. The van der Waals surface area contributed by atoms with Crippen molar-refractivity contribution in [3.05, 3.63) is 0 Å². The molecule has 1 N–H and O–H groups in total. The highest BCUT2D eigenvalue weighted by atomic mass is 32.2. The quantitative estimate of drug-likeness (QED) is 0.846. The predicted octanol–water partition coefficient (Wildman–Crippen LogP) is 2.57. The Morgan fingerprint density at radius 1 is 1.35 bits per heavy atom. The van der Waals surface area contributed by atoms with Gasteiger partial charge in [-0.1, -0.05) is 11.8 Å². The molecule has 5 heteroatoms. The van der Waals surface area contributed by atoms with E-state index in [0.717, 1.165) is 18.6 Å². The Labute approximate surface area is 107 Å². The van der Waals surface area contributed by atoms with Gasteiger partial charge in [0.05, 0.1) is 0 Å². The second kappa shape index (κ2) is 5.76. The SMILES string of the molecule is CC(=O)SC[C@H]1C[C@@H](NC(=O)OC(C)(C)C)C1. The summed E-state index contributed by atoms with van der Waals surface area (Å²) in [4.78, 5) is 22.2. The molecule has 0 unspecified atom stereocenters. The molecule has 1 rings (SSSR count). The molecule has 0 aliphatic heterocycles. The summed E-state index contributed by atoms with van der Waals surface area (Å²) in [5.41, 5.74) is -0.447. The number of alkyl carbamates (subject to hydrolysis) is 1. The third-order valence-electron chi connectivity index (χ3n) is 2.48. The Morgan fingerprint density at radius 2 is 1.94 bits per heavy atom. The highest BCUT2D eigenvalue weighted by Crippen LogP contribution is 2.30. The van der Waals surface area contributed by atoms with Crippen molar-refractivity contribution in [3.63, 3.8) is 0 Å². The zero-order valence-corrected chi connectivity index (χ0v) is 11.7. The lowest BCUT2D eigenvalue weighted by molar-refractivity contribution is -0.109. The Hall–Kier alpha value is -0.710. The number of ether oxygens (including phenoxy) is 1. The fourth-order valence-electron chi connectivity index (χ4n) is 1.70. The molecule has 1 fully saturated rings. The summed E-state index contributed by atoms with van der Waals surface area (Å²) < 4.78 is 5.17. The molecular weight excluding hydrogens is 238 g/mol. The van der Waals surface area contributed by atoms with Gasteiger partial charge in [0.15, 0.2) is 5.12 Å². The van der Waals surface area contributed by atoms with Gasteiger partial charge in [-0.05, 0) is 39.5 Å². The molecule has 0 bridgehead atoms. The standard InChI is InChI=1S/C12H21NO3S/c1-8(14)17-7-9-5-10(6-9)13-11(15)16-12(2,3)4/h9-10H,5-7H2,1-4H3,(H,13,15)/t9-,10+. The van der Waals surface area contributed by atoms with E-state index in [4.69, 9.17) is 4.74 Å². The van der Waals surface area contributed by atoms with E-state index >= 15 is 0 Å². The first kappa shape index (κ1) is 14.4. The summed E-state index contributed by atoms with van der Waals surface area (Å²) in [5.74, 6) is 1.41. The third-order valence-corrected chi connectivity index (χ3v) is 3.52. The Bertz CT molecular complexity index is 293. The van der Waals surface area contributed by atoms with E-state index in [1.165, 1.54) is 11.8 Å². The molecule has 98 valence electrons. The number of carbonyl (C=O) groups is 2. The van der Waals surface area contributed by atoms with Gasteiger partial charge in [0.2, 0.25) is 0 Å². The Morgan fingerprint density at radius 3 is 2.41 bits per heavy atom. The number of nitrogens with one attached hydrogen (secondary N) is 1. The molecule has 0 aromatic heterocycles. The summed E-state index contributed by atoms with van der Waals surface area (Å²) >= 11 is 1.36. The van der Waals surface area contributed by atoms with Gasteiger partial charge in [-0.3, -0.25) is 4.79 Å². The molecule has 0 aromatic rings. The lowest BCUT2D eigenvalue weighted by atomic mass is 9.82. The Kier molecular flexibility index (Phi) is 4.86. The fourth-order valence-corrected chi connectivity index (χ4v) is 2.44. The van der Waals surface area contributed by atoms with Crippen molar-refractivity contribution in [2.24, 2.45) is 5.92 Å². The smallest absolute Gasteiger partial charge is 0.407 e. The monoisotopic (exact) mass is 259 g/mol. The first-order valence-corrected chi connectivity index (χ1v) is 6.87. The molecule has 1 amide bonds. The van der Waals surface area contributed by atoms with Gasteiger partial charge in [-0.25, -0.2) is 4.79 Å². The molecule has 1 aliphatic carbocycles. The average Bonchev–Trinajstić information content (AvgIpc) is 2.04. The topological polar surface area (TPSA) is 55.4 Å². The number of amides is 1. The van der Waals surface area contributed by atoms with E-state index in [2.05, 4.69) is 5.32 Å². The molecule has 0 heterocycles. The van der Waals surface area contributed by atoms with Gasteiger partial charge in [-0.15, -0.1) is 0 Å². The number of rotatable bonds is 3. The fraction of sp³-hybridized carbons (Fsp3) is 0.833. The van der Waals surface area contributed by atoms with Crippen LogP contribution in [0.2, 0.25) is 0 Å². The van der Waals surface area contributed by atoms with Crippen LogP contribution in [0.3, 0.4) is 0 Å². The van der Waals surface area contributed by atoms with E-state index in [9.17, 15) is 9.59 Å². The van der Waals surface area contributed by atoms with Crippen LogP contribution >= 0.6 is 11.8 Å². The van der Waals surface area contributed by atoms with E-state index in [1.54, 1.807) is 6.92 Å². The van der Waals surface area contributed by atoms with Crippen molar-refractivity contribution in [3.8, 4) is 0 Å². The third kappa shape index (κ3) is 5.96.